The molecule has 12 nitrogen and oxygen atoms in total. The van der Waals surface area contributed by atoms with Crippen molar-refractivity contribution in [2.75, 3.05) is 29.8 Å². The number of carboxylic acid groups (broad SMARTS) is 1. The van der Waals surface area contributed by atoms with Gasteiger partial charge >= 0.3 is 5.97 Å². The van der Waals surface area contributed by atoms with Crippen LogP contribution >= 0.6 is 23.5 Å². The lowest BCUT2D eigenvalue weighted by molar-refractivity contribution is -0.141. The van der Waals surface area contributed by atoms with Gasteiger partial charge in [0.25, 0.3) is 5.91 Å². The number of hydrogen-bond acceptors (Lipinski definition) is 9. The number of anilines is 2. The lowest BCUT2D eigenvalue weighted by Crippen LogP contribution is -2.50. The number of sulfone groups is 1. The van der Waals surface area contributed by atoms with Crippen LogP contribution in [-0.4, -0.2) is 73.2 Å². The second-order valence-corrected chi connectivity index (χ2v) is 17.0. The Morgan fingerprint density at radius 3 is 2.09 bits per heavy atom. The van der Waals surface area contributed by atoms with E-state index in [-0.39, 0.29) is 11.0 Å². The maximum Gasteiger partial charge on any atom is 0.327 e. The van der Waals surface area contributed by atoms with Gasteiger partial charge in [-0.2, -0.15) is 0 Å². The molecule has 3 amide bonds. The van der Waals surface area contributed by atoms with E-state index in [4.69, 9.17) is 4.74 Å². The minimum Gasteiger partial charge on any atom is -0.483 e. The van der Waals surface area contributed by atoms with Gasteiger partial charge in [-0.3, -0.25) is 24.1 Å². The number of nitrogens with zero attached hydrogens (tertiary/aromatic N) is 1. The molecule has 3 N–H and O–H groups in total. The Bertz CT molecular complexity index is 1900. The molecule has 4 rings (SSSR count). The molecule has 0 saturated carbocycles. The number of para-hydroxylation sites is 1. The molecule has 15 heteroatoms. The summed E-state index contributed by atoms with van der Waals surface area (Å²) in [5, 5.41) is 14.2. The smallest absolute Gasteiger partial charge is 0.327 e. The van der Waals surface area contributed by atoms with E-state index in [1.165, 1.54) is 11.8 Å². The molecule has 3 aromatic rings. The number of hydrogen-bond donors (Lipinski definition) is 4. The van der Waals surface area contributed by atoms with Crippen LogP contribution in [0.2, 0.25) is 0 Å². The summed E-state index contributed by atoms with van der Waals surface area (Å²) >= 11 is 1.66. The van der Waals surface area contributed by atoms with Gasteiger partial charge < -0.3 is 20.5 Å². The summed E-state index contributed by atoms with van der Waals surface area (Å²) in [6.45, 7) is 3.51. The first kappa shape index (κ1) is 41.4. The fraction of sp³-hybridized carbons (Fsp3) is 0.395. The summed E-state index contributed by atoms with van der Waals surface area (Å²) in [4.78, 5) is 70.3. The molecular formula is C38H46N3O9S3. The molecular weight excluding hydrogens is 739 g/mol. The number of fused-ring (bicyclic) bond motifs is 1. The van der Waals surface area contributed by atoms with Crippen LogP contribution in [0.4, 0.5) is 11.4 Å². The summed E-state index contributed by atoms with van der Waals surface area (Å²) in [5.74, 6) is -3.99. The number of carbonyl (C=O) groups excluding carboxylic acids is 4. The van der Waals surface area contributed by atoms with Crippen molar-refractivity contribution >= 4 is 73.5 Å². The van der Waals surface area contributed by atoms with Crippen LogP contribution in [0.25, 0.3) is 0 Å². The monoisotopic (exact) mass is 784 g/mol. The predicted molar refractivity (Wildman–Crippen MR) is 208 cm³/mol. The molecule has 0 aromatic heterocycles. The topological polar surface area (TPSA) is 176 Å². The first-order valence-corrected chi connectivity index (χ1v) is 21.5. The Kier molecular flexibility index (Phi) is 14.5. The van der Waals surface area contributed by atoms with Gasteiger partial charge in [-0.05, 0) is 48.9 Å². The van der Waals surface area contributed by atoms with E-state index in [2.05, 4.69) is 10.6 Å². The third-order valence-corrected chi connectivity index (χ3v) is 11.7. The summed E-state index contributed by atoms with van der Waals surface area (Å²) in [6.07, 6.45) is 6.63. The molecule has 53 heavy (non-hydrogen) atoms. The predicted octanol–water partition coefficient (Wildman–Crippen LogP) is 5.65. The van der Waals surface area contributed by atoms with Crippen molar-refractivity contribution in [1.82, 2.24) is 10.6 Å². The number of rotatable bonds is 18. The van der Waals surface area contributed by atoms with E-state index in [0.717, 1.165) is 19.1 Å². The number of thiol groups is 1. The number of ether oxygens (including phenoxy) is 1. The number of benzene rings is 3. The number of nitrogens with one attached hydrogen (secondary N) is 2. The van der Waals surface area contributed by atoms with Crippen molar-refractivity contribution in [2.45, 2.75) is 74.2 Å². The van der Waals surface area contributed by atoms with Crippen molar-refractivity contribution in [2.24, 2.45) is 5.41 Å². The second kappa shape index (κ2) is 18.6. The van der Waals surface area contributed by atoms with Crippen LogP contribution in [-0.2, 0) is 33.8 Å². The van der Waals surface area contributed by atoms with E-state index in [0.29, 0.717) is 69.9 Å². The van der Waals surface area contributed by atoms with Gasteiger partial charge in [-0.1, -0.05) is 88.1 Å². The van der Waals surface area contributed by atoms with Crippen molar-refractivity contribution < 1.29 is 42.2 Å². The van der Waals surface area contributed by atoms with Gasteiger partial charge in [-0.15, -0.1) is 23.5 Å². The average Bonchev–Trinajstić information content (AvgIpc) is 3.21. The molecule has 285 valence electrons. The minimum absolute atomic E-state index is 0.183. The van der Waals surface area contributed by atoms with E-state index < -0.39 is 57.5 Å². The first-order valence-electron chi connectivity index (χ1n) is 17.3. The Labute approximate surface area is 318 Å². The number of carboxylic acids is 1. The van der Waals surface area contributed by atoms with Crippen LogP contribution in [0, 0.1) is 5.41 Å². The molecule has 0 unspecified atom stereocenters. The molecule has 0 aliphatic carbocycles. The van der Waals surface area contributed by atoms with Crippen LogP contribution in [0.15, 0.2) is 82.6 Å². The van der Waals surface area contributed by atoms with Gasteiger partial charge in [0.15, 0.2) is 11.7 Å². The third kappa shape index (κ3) is 10.4. The molecule has 2 atom stereocenters. The van der Waals surface area contributed by atoms with E-state index in [1.54, 1.807) is 47.4 Å². The number of thioether (sulfide) groups is 1. The van der Waals surface area contributed by atoms with E-state index in [1.807, 2.05) is 50.4 Å². The number of unbranched alkanes of at least 4 members (excludes halogenated alkanes) is 2. The molecule has 1 aliphatic rings. The highest BCUT2D eigenvalue weighted by molar-refractivity contribution is 8.14. The zero-order chi connectivity index (χ0) is 38.8. The highest BCUT2D eigenvalue weighted by Gasteiger charge is 2.50. The molecule has 0 spiro atoms. The Balaban J connectivity index is 1.66. The van der Waals surface area contributed by atoms with Crippen molar-refractivity contribution in [3.8, 4) is 5.75 Å². The van der Waals surface area contributed by atoms with E-state index >= 15 is 0 Å². The van der Waals surface area contributed by atoms with Gasteiger partial charge in [0.2, 0.25) is 11.8 Å². The maximum absolute atomic E-state index is 14.7. The fourth-order valence-electron chi connectivity index (χ4n) is 6.08. The molecule has 1 radical (unpaired) electrons. The molecule has 3 aromatic carbocycles. The summed E-state index contributed by atoms with van der Waals surface area (Å²) in [7, 11) is -3.77. The van der Waals surface area contributed by atoms with Crippen LogP contribution in [0.5, 0.6) is 5.75 Å². The van der Waals surface area contributed by atoms with Crippen LogP contribution < -0.4 is 20.3 Å². The van der Waals surface area contributed by atoms with Crippen molar-refractivity contribution in [3.63, 3.8) is 0 Å². The SMILES string of the molecule is CCCCC1(CCCC)C(=O)[SH]c2cc(OCC(=O)N[C@@H](C(=O)N[C@H](CS(C)(=O)=O)C(=O)O)c3ccccc3)c(SC)cc2N(c2ccccc2)C1=O. The van der Waals surface area contributed by atoms with Gasteiger partial charge in [0, 0.05) is 16.8 Å². The highest BCUT2D eigenvalue weighted by atomic mass is 32.2. The average molecular weight is 785 g/mol. The molecule has 0 saturated heterocycles. The normalized spacial score (nSPS) is 15.1. The Hall–Kier alpha value is -4.34. The van der Waals surface area contributed by atoms with Crippen LogP contribution in [0.3, 0.4) is 0 Å². The Morgan fingerprint density at radius 1 is 0.943 bits per heavy atom. The first-order chi connectivity index (χ1) is 25.2. The molecule has 1 heterocycles. The fourth-order valence-corrected chi connectivity index (χ4v) is 8.67. The summed E-state index contributed by atoms with van der Waals surface area (Å²) < 4.78 is 29.7. The lowest BCUT2D eigenvalue weighted by atomic mass is 9.77. The van der Waals surface area contributed by atoms with E-state index in [9.17, 15) is 37.5 Å². The largest absolute Gasteiger partial charge is 0.483 e. The third-order valence-electron chi connectivity index (χ3n) is 8.82. The van der Waals surface area contributed by atoms with Gasteiger partial charge in [-0.25, -0.2) is 13.2 Å². The number of carbonyl (C=O) groups is 5. The standard InChI is InChI=1S/C38H46N3O9S3/c1-5-7-19-38(20-8-6-2)36(46)41(26-17-13-10-14-18-26)28-21-31(51-3)29(22-30(28)52-37(38)47)50-23-32(42)40-33(25-15-11-9-12-16-25)34(43)39-27(35(44)45)24-53(4,48)49/h9-18,21-22,27,33,52H,5-8,19-20,23-24H2,1-4H3,(H,39,43)(H,40,42)(H,44,45)/t27-,33-/m1/s1. The van der Waals surface area contributed by atoms with Crippen molar-refractivity contribution in [3.05, 3.63) is 78.4 Å². The van der Waals surface area contributed by atoms with Gasteiger partial charge in [0.1, 0.15) is 33.1 Å². The van der Waals surface area contributed by atoms with Gasteiger partial charge in [0.05, 0.1) is 16.3 Å². The molecule has 0 fully saturated rings. The molecule has 1 aliphatic heterocycles. The van der Waals surface area contributed by atoms with Crippen molar-refractivity contribution in [1.29, 1.82) is 0 Å². The summed E-state index contributed by atoms with van der Waals surface area (Å²) in [5.41, 5.74) is 0.300. The minimum atomic E-state index is -3.77. The molecule has 0 bridgehead atoms. The zero-order valence-electron chi connectivity index (χ0n) is 30.2. The Morgan fingerprint density at radius 2 is 1.55 bits per heavy atom. The quantitative estimate of drug-likeness (QED) is 0.0716. The van der Waals surface area contributed by atoms with Crippen LogP contribution in [0.1, 0.15) is 64.0 Å². The number of aliphatic carboxylic acids is 1. The zero-order valence-corrected chi connectivity index (χ0v) is 32.7. The highest BCUT2D eigenvalue weighted by Crippen LogP contribution is 2.51. The maximum atomic E-state index is 14.7. The number of amides is 3. The lowest BCUT2D eigenvalue weighted by Gasteiger charge is -2.34. The second-order valence-electron chi connectivity index (χ2n) is 12.9. The summed E-state index contributed by atoms with van der Waals surface area (Å²) in [6, 6.07) is 17.7.